The summed E-state index contributed by atoms with van der Waals surface area (Å²) in [5, 5.41) is 13.6. The highest BCUT2D eigenvalue weighted by Gasteiger charge is 2.27. The molecule has 18 heavy (non-hydrogen) atoms. The van der Waals surface area contributed by atoms with Gasteiger partial charge in [0.05, 0.1) is 5.69 Å². The summed E-state index contributed by atoms with van der Waals surface area (Å²) in [7, 11) is 0. The van der Waals surface area contributed by atoms with Gasteiger partial charge < -0.3 is 5.11 Å². The summed E-state index contributed by atoms with van der Waals surface area (Å²) >= 11 is 0. The van der Waals surface area contributed by atoms with Crippen LogP contribution in [0.25, 0.3) is 5.65 Å². The topological polar surface area (TPSA) is 67.5 Å². The van der Waals surface area contributed by atoms with Crippen LogP contribution in [0.1, 0.15) is 60.4 Å². The number of rotatable bonds is 3. The van der Waals surface area contributed by atoms with Crippen molar-refractivity contribution in [2.75, 3.05) is 0 Å². The Morgan fingerprint density at radius 2 is 2.17 bits per heavy atom. The maximum Gasteiger partial charge on any atom is 0.354 e. The number of nitrogens with zero attached hydrogens (tertiary/aromatic N) is 3. The second kappa shape index (κ2) is 3.80. The van der Waals surface area contributed by atoms with Gasteiger partial charge in [0.25, 0.3) is 0 Å². The number of hydrogen-bond acceptors (Lipinski definition) is 3. The number of carboxylic acid groups (broad SMARTS) is 1. The Labute approximate surface area is 104 Å². The fraction of sp³-hybridized carbons (Fsp3) is 0.462. The summed E-state index contributed by atoms with van der Waals surface area (Å²) in [6.07, 6.45) is 2.21. The van der Waals surface area contributed by atoms with Gasteiger partial charge in [0, 0.05) is 17.7 Å². The summed E-state index contributed by atoms with van der Waals surface area (Å²) in [6.45, 7) is 4.06. The molecule has 94 valence electrons. The number of aromatic carboxylic acids is 1. The fourth-order valence-electron chi connectivity index (χ4n) is 2.03. The standard InChI is InChI=1S/C13H15N3O2/c1-7(2)9-6-12-14-10(8-3-4-8)5-11(13(17)18)16(12)15-9/h5-8H,3-4H2,1-2H3,(H,17,18). The van der Waals surface area contributed by atoms with E-state index in [0.717, 1.165) is 24.2 Å². The second-order valence-corrected chi connectivity index (χ2v) is 5.14. The SMILES string of the molecule is CC(C)c1cc2nc(C3CC3)cc(C(=O)O)n2n1. The van der Waals surface area contributed by atoms with Crippen molar-refractivity contribution >= 4 is 11.6 Å². The molecule has 0 unspecified atom stereocenters. The molecule has 2 aromatic rings. The lowest BCUT2D eigenvalue weighted by Gasteiger charge is -2.03. The first kappa shape index (κ1) is 11.2. The molecule has 0 saturated heterocycles. The zero-order chi connectivity index (χ0) is 12.9. The van der Waals surface area contributed by atoms with Crippen molar-refractivity contribution in [3.63, 3.8) is 0 Å². The zero-order valence-electron chi connectivity index (χ0n) is 10.4. The normalized spacial score (nSPS) is 15.5. The van der Waals surface area contributed by atoms with Gasteiger partial charge in [-0.2, -0.15) is 5.10 Å². The first-order valence-electron chi connectivity index (χ1n) is 6.20. The van der Waals surface area contributed by atoms with Gasteiger partial charge >= 0.3 is 5.97 Å². The third-order valence-electron chi connectivity index (χ3n) is 3.27. The molecule has 1 N–H and O–H groups in total. The van der Waals surface area contributed by atoms with Gasteiger partial charge in [-0.3, -0.25) is 0 Å². The third-order valence-corrected chi connectivity index (χ3v) is 3.27. The molecular weight excluding hydrogens is 230 g/mol. The number of carboxylic acids is 1. The molecule has 0 aromatic carbocycles. The molecule has 2 heterocycles. The van der Waals surface area contributed by atoms with E-state index in [1.165, 1.54) is 4.52 Å². The van der Waals surface area contributed by atoms with Gasteiger partial charge in [-0.25, -0.2) is 14.3 Å². The van der Waals surface area contributed by atoms with Crippen molar-refractivity contribution in [3.8, 4) is 0 Å². The molecule has 1 fully saturated rings. The van der Waals surface area contributed by atoms with Gasteiger partial charge in [-0.1, -0.05) is 13.8 Å². The van der Waals surface area contributed by atoms with Gasteiger partial charge in [-0.15, -0.1) is 0 Å². The molecule has 3 rings (SSSR count). The van der Waals surface area contributed by atoms with Crippen LogP contribution in [0.2, 0.25) is 0 Å². The lowest BCUT2D eigenvalue weighted by Crippen LogP contribution is -2.09. The molecule has 1 saturated carbocycles. The summed E-state index contributed by atoms with van der Waals surface area (Å²) in [5.41, 5.74) is 2.60. The highest BCUT2D eigenvalue weighted by Crippen LogP contribution is 2.39. The van der Waals surface area contributed by atoms with Crippen molar-refractivity contribution in [2.24, 2.45) is 0 Å². The van der Waals surface area contributed by atoms with Crippen molar-refractivity contribution in [3.05, 3.63) is 29.2 Å². The molecule has 5 heteroatoms. The highest BCUT2D eigenvalue weighted by molar-refractivity contribution is 5.86. The van der Waals surface area contributed by atoms with Crippen LogP contribution in [0.5, 0.6) is 0 Å². The molecule has 1 aliphatic carbocycles. The van der Waals surface area contributed by atoms with Crippen LogP contribution in [0.3, 0.4) is 0 Å². The van der Waals surface area contributed by atoms with Crippen LogP contribution in [0.15, 0.2) is 12.1 Å². The minimum Gasteiger partial charge on any atom is -0.477 e. The molecule has 0 spiro atoms. The molecule has 0 radical (unpaired) electrons. The predicted molar refractivity (Wildman–Crippen MR) is 66.0 cm³/mol. The monoisotopic (exact) mass is 245 g/mol. The molecule has 0 aliphatic heterocycles. The van der Waals surface area contributed by atoms with E-state index in [9.17, 15) is 9.90 Å². The van der Waals surface area contributed by atoms with Crippen molar-refractivity contribution in [1.29, 1.82) is 0 Å². The lowest BCUT2D eigenvalue weighted by atomic mass is 10.1. The number of fused-ring (bicyclic) bond motifs is 1. The van der Waals surface area contributed by atoms with Gasteiger partial charge in [-0.05, 0) is 24.8 Å². The van der Waals surface area contributed by atoms with Crippen LogP contribution in [0.4, 0.5) is 0 Å². The summed E-state index contributed by atoms with van der Waals surface area (Å²) in [4.78, 5) is 15.8. The minimum absolute atomic E-state index is 0.203. The van der Waals surface area contributed by atoms with Crippen LogP contribution >= 0.6 is 0 Å². The second-order valence-electron chi connectivity index (χ2n) is 5.14. The predicted octanol–water partition coefficient (Wildman–Crippen LogP) is 2.43. The Hall–Kier alpha value is -1.91. The highest BCUT2D eigenvalue weighted by atomic mass is 16.4. The Bertz CT molecular complexity index is 626. The maximum absolute atomic E-state index is 11.3. The number of carbonyl (C=O) groups is 1. The molecule has 0 atom stereocenters. The first-order chi connectivity index (χ1) is 8.56. The van der Waals surface area contributed by atoms with E-state index in [1.807, 2.05) is 19.9 Å². The largest absolute Gasteiger partial charge is 0.477 e. The summed E-state index contributed by atoms with van der Waals surface area (Å²) in [6, 6.07) is 3.53. The minimum atomic E-state index is -0.956. The molecule has 2 aromatic heterocycles. The number of aromatic nitrogens is 3. The Kier molecular flexibility index (Phi) is 2.36. The number of hydrogen-bond donors (Lipinski definition) is 1. The zero-order valence-corrected chi connectivity index (χ0v) is 10.4. The molecular formula is C13H15N3O2. The van der Waals surface area contributed by atoms with Crippen LogP contribution in [0, 0.1) is 0 Å². The van der Waals surface area contributed by atoms with E-state index in [4.69, 9.17) is 0 Å². The van der Waals surface area contributed by atoms with Gasteiger partial charge in [0.1, 0.15) is 0 Å². The average Bonchev–Trinajstić information content (AvgIpc) is 3.06. The fourth-order valence-corrected chi connectivity index (χ4v) is 2.03. The Balaban J connectivity index is 2.23. The van der Waals surface area contributed by atoms with Crippen LogP contribution in [-0.2, 0) is 0 Å². The van der Waals surface area contributed by atoms with E-state index in [1.54, 1.807) is 6.07 Å². The van der Waals surface area contributed by atoms with Crippen LogP contribution < -0.4 is 0 Å². The van der Waals surface area contributed by atoms with Gasteiger partial charge in [0.2, 0.25) is 0 Å². The third kappa shape index (κ3) is 1.75. The molecule has 0 bridgehead atoms. The van der Waals surface area contributed by atoms with Crippen LogP contribution in [-0.4, -0.2) is 25.7 Å². The van der Waals surface area contributed by atoms with Crippen molar-refractivity contribution < 1.29 is 9.90 Å². The maximum atomic E-state index is 11.3. The smallest absolute Gasteiger partial charge is 0.354 e. The van der Waals surface area contributed by atoms with Gasteiger partial charge in [0.15, 0.2) is 11.3 Å². The lowest BCUT2D eigenvalue weighted by molar-refractivity contribution is 0.0687. The quantitative estimate of drug-likeness (QED) is 0.901. The summed E-state index contributed by atoms with van der Waals surface area (Å²) < 4.78 is 1.43. The van der Waals surface area contributed by atoms with E-state index in [-0.39, 0.29) is 11.6 Å². The molecule has 5 nitrogen and oxygen atoms in total. The van der Waals surface area contributed by atoms with Crippen molar-refractivity contribution in [1.82, 2.24) is 14.6 Å². The molecule has 0 amide bonds. The van der Waals surface area contributed by atoms with E-state index < -0.39 is 5.97 Å². The van der Waals surface area contributed by atoms with E-state index in [2.05, 4.69) is 10.1 Å². The van der Waals surface area contributed by atoms with Crippen molar-refractivity contribution in [2.45, 2.75) is 38.5 Å². The Morgan fingerprint density at radius 3 is 2.72 bits per heavy atom. The Morgan fingerprint density at radius 1 is 1.44 bits per heavy atom. The molecule has 1 aliphatic rings. The first-order valence-corrected chi connectivity index (χ1v) is 6.20. The average molecular weight is 245 g/mol. The summed E-state index contributed by atoms with van der Waals surface area (Å²) in [5.74, 6) is -0.258. The van der Waals surface area contributed by atoms with E-state index >= 15 is 0 Å². The van der Waals surface area contributed by atoms with E-state index in [0.29, 0.717) is 11.6 Å².